The van der Waals surface area contributed by atoms with Crippen molar-refractivity contribution in [1.82, 2.24) is 10.2 Å². The van der Waals surface area contributed by atoms with Crippen LogP contribution in [0.2, 0.25) is 0 Å². The molecular formula is C11H13FN2OS. The van der Waals surface area contributed by atoms with Crippen molar-refractivity contribution in [3.8, 4) is 0 Å². The Labute approximate surface area is 99.0 Å². The SMILES string of the molecule is O=C(c1cccc(F)c1S)N1CCNCC1. The van der Waals surface area contributed by atoms with E-state index in [-0.39, 0.29) is 10.8 Å². The van der Waals surface area contributed by atoms with Crippen molar-refractivity contribution < 1.29 is 9.18 Å². The molecule has 1 aliphatic heterocycles. The molecule has 0 bridgehead atoms. The van der Waals surface area contributed by atoms with Crippen LogP contribution >= 0.6 is 12.6 Å². The first-order valence-electron chi connectivity index (χ1n) is 5.17. The van der Waals surface area contributed by atoms with Gasteiger partial charge in [0.2, 0.25) is 0 Å². The van der Waals surface area contributed by atoms with E-state index in [9.17, 15) is 9.18 Å². The number of thiol groups is 1. The largest absolute Gasteiger partial charge is 0.336 e. The van der Waals surface area contributed by atoms with Gasteiger partial charge in [-0.05, 0) is 12.1 Å². The summed E-state index contributed by atoms with van der Waals surface area (Å²) in [6.45, 7) is 2.87. The quantitative estimate of drug-likeness (QED) is 0.722. The van der Waals surface area contributed by atoms with Crippen LogP contribution in [0.25, 0.3) is 0 Å². The van der Waals surface area contributed by atoms with Gasteiger partial charge in [0, 0.05) is 26.2 Å². The summed E-state index contributed by atoms with van der Waals surface area (Å²) in [7, 11) is 0. The molecular weight excluding hydrogens is 227 g/mol. The molecule has 1 aromatic carbocycles. The molecule has 2 rings (SSSR count). The van der Waals surface area contributed by atoms with Crippen LogP contribution in [0.15, 0.2) is 23.1 Å². The maximum absolute atomic E-state index is 13.2. The van der Waals surface area contributed by atoms with Crippen LogP contribution < -0.4 is 5.32 Å². The van der Waals surface area contributed by atoms with Gasteiger partial charge in [0.1, 0.15) is 5.82 Å². The Morgan fingerprint density at radius 1 is 1.38 bits per heavy atom. The highest BCUT2D eigenvalue weighted by Crippen LogP contribution is 2.19. The summed E-state index contributed by atoms with van der Waals surface area (Å²) >= 11 is 4.03. The van der Waals surface area contributed by atoms with E-state index in [0.29, 0.717) is 18.7 Å². The third kappa shape index (κ3) is 2.20. The Morgan fingerprint density at radius 2 is 2.06 bits per heavy atom. The second-order valence-electron chi connectivity index (χ2n) is 3.68. The molecule has 86 valence electrons. The van der Waals surface area contributed by atoms with Crippen LogP contribution in [-0.4, -0.2) is 37.0 Å². The predicted molar refractivity (Wildman–Crippen MR) is 62.4 cm³/mol. The molecule has 0 spiro atoms. The van der Waals surface area contributed by atoms with Crippen molar-refractivity contribution in [1.29, 1.82) is 0 Å². The molecule has 1 saturated heterocycles. The molecule has 1 N–H and O–H groups in total. The first kappa shape index (κ1) is 11.4. The zero-order valence-corrected chi connectivity index (χ0v) is 9.64. The van der Waals surface area contributed by atoms with Crippen molar-refractivity contribution in [3.05, 3.63) is 29.6 Å². The molecule has 1 aliphatic rings. The van der Waals surface area contributed by atoms with E-state index in [4.69, 9.17) is 0 Å². The first-order valence-corrected chi connectivity index (χ1v) is 5.62. The van der Waals surface area contributed by atoms with Crippen LogP contribution in [0, 0.1) is 5.82 Å². The van der Waals surface area contributed by atoms with Crippen LogP contribution in [0.3, 0.4) is 0 Å². The number of amides is 1. The lowest BCUT2D eigenvalue weighted by atomic mass is 10.2. The van der Waals surface area contributed by atoms with Gasteiger partial charge in [-0.3, -0.25) is 4.79 Å². The number of hydrogen-bond acceptors (Lipinski definition) is 3. The zero-order chi connectivity index (χ0) is 11.5. The van der Waals surface area contributed by atoms with Crippen LogP contribution in [-0.2, 0) is 0 Å². The predicted octanol–water partition coefficient (Wildman–Crippen LogP) is 1.16. The van der Waals surface area contributed by atoms with Crippen molar-refractivity contribution >= 4 is 18.5 Å². The Morgan fingerprint density at radius 3 is 2.75 bits per heavy atom. The zero-order valence-electron chi connectivity index (χ0n) is 8.74. The second kappa shape index (κ2) is 4.84. The maximum atomic E-state index is 13.2. The monoisotopic (exact) mass is 240 g/mol. The highest BCUT2D eigenvalue weighted by molar-refractivity contribution is 7.80. The summed E-state index contributed by atoms with van der Waals surface area (Å²) in [4.78, 5) is 13.9. The Bertz CT molecular complexity index is 405. The van der Waals surface area contributed by atoms with Gasteiger partial charge in [0.15, 0.2) is 0 Å². The maximum Gasteiger partial charge on any atom is 0.255 e. The fraction of sp³-hybridized carbons (Fsp3) is 0.364. The highest BCUT2D eigenvalue weighted by Gasteiger charge is 2.20. The third-order valence-electron chi connectivity index (χ3n) is 2.62. The molecule has 0 atom stereocenters. The number of piperazine rings is 1. The van der Waals surface area contributed by atoms with E-state index in [0.717, 1.165) is 13.1 Å². The molecule has 1 aromatic rings. The highest BCUT2D eigenvalue weighted by atomic mass is 32.1. The van der Waals surface area contributed by atoms with Gasteiger partial charge in [0.25, 0.3) is 5.91 Å². The minimum Gasteiger partial charge on any atom is -0.336 e. The summed E-state index contributed by atoms with van der Waals surface area (Å²) in [5.41, 5.74) is 0.338. The van der Waals surface area contributed by atoms with Gasteiger partial charge in [-0.15, -0.1) is 12.6 Å². The fourth-order valence-corrected chi connectivity index (χ4v) is 1.97. The number of halogens is 1. The number of rotatable bonds is 1. The van der Waals surface area contributed by atoms with E-state index >= 15 is 0 Å². The molecule has 3 nitrogen and oxygen atoms in total. The van der Waals surface area contributed by atoms with Crippen molar-refractivity contribution in [2.75, 3.05) is 26.2 Å². The number of nitrogens with zero attached hydrogens (tertiary/aromatic N) is 1. The summed E-state index contributed by atoms with van der Waals surface area (Å²) in [6, 6.07) is 4.44. The van der Waals surface area contributed by atoms with Gasteiger partial charge in [0.05, 0.1) is 10.5 Å². The minimum atomic E-state index is -0.454. The molecule has 1 fully saturated rings. The third-order valence-corrected chi connectivity index (χ3v) is 3.08. The molecule has 1 amide bonds. The molecule has 16 heavy (non-hydrogen) atoms. The average molecular weight is 240 g/mol. The number of nitrogens with one attached hydrogen (secondary N) is 1. The number of carbonyl (C=O) groups is 1. The first-order chi connectivity index (χ1) is 7.70. The van der Waals surface area contributed by atoms with Crippen molar-refractivity contribution in [2.45, 2.75) is 4.90 Å². The number of hydrogen-bond donors (Lipinski definition) is 2. The molecule has 1 heterocycles. The van der Waals surface area contributed by atoms with Gasteiger partial charge in [-0.2, -0.15) is 0 Å². The molecule has 5 heteroatoms. The van der Waals surface area contributed by atoms with Crippen molar-refractivity contribution in [2.24, 2.45) is 0 Å². The Balaban J connectivity index is 2.22. The number of benzene rings is 1. The summed E-state index contributed by atoms with van der Waals surface area (Å²) in [5, 5.41) is 3.16. The summed E-state index contributed by atoms with van der Waals surface area (Å²) < 4.78 is 13.2. The molecule has 0 aliphatic carbocycles. The summed E-state index contributed by atoms with van der Waals surface area (Å²) in [6.07, 6.45) is 0. The Kier molecular flexibility index (Phi) is 3.46. The topological polar surface area (TPSA) is 32.3 Å². The lowest BCUT2D eigenvalue weighted by Gasteiger charge is -2.27. The lowest BCUT2D eigenvalue weighted by molar-refractivity contribution is 0.0731. The molecule has 0 unspecified atom stereocenters. The van der Waals surface area contributed by atoms with E-state index < -0.39 is 5.82 Å². The van der Waals surface area contributed by atoms with Crippen LogP contribution in [0.4, 0.5) is 4.39 Å². The Hall–Kier alpha value is -1.07. The average Bonchev–Trinajstić information content (AvgIpc) is 2.33. The van der Waals surface area contributed by atoms with E-state index in [1.165, 1.54) is 12.1 Å². The fourth-order valence-electron chi connectivity index (χ4n) is 1.73. The van der Waals surface area contributed by atoms with Gasteiger partial charge < -0.3 is 10.2 Å². The van der Waals surface area contributed by atoms with Crippen LogP contribution in [0.1, 0.15) is 10.4 Å². The molecule has 0 radical (unpaired) electrons. The van der Waals surface area contributed by atoms with E-state index in [1.54, 1.807) is 11.0 Å². The normalized spacial score (nSPS) is 16.2. The van der Waals surface area contributed by atoms with Gasteiger partial charge >= 0.3 is 0 Å². The van der Waals surface area contributed by atoms with Gasteiger partial charge in [-0.25, -0.2) is 4.39 Å². The second-order valence-corrected chi connectivity index (χ2v) is 4.13. The number of carbonyl (C=O) groups excluding carboxylic acids is 1. The van der Waals surface area contributed by atoms with Crippen LogP contribution in [0.5, 0.6) is 0 Å². The standard InChI is InChI=1S/C11H13FN2OS/c12-9-3-1-2-8(10(9)16)11(15)14-6-4-13-5-7-14/h1-3,13,16H,4-7H2. The summed E-state index contributed by atoms with van der Waals surface area (Å²) in [5.74, 6) is -0.602. The van der Waals surface area contributed by atoms with Gasteiger partial charge in [-0.1, -0.05) is 6.07 Å². The van der Waals surface area contributed by atoms with E-state index in [2.05, 4.69) is 17.9 Å². The smallest absolute Gasteiger partial charge is 0.255 e. The van der Waals surface area contributed by atoms with E-state index in [1.807, 2.05) is 0 Å². The van der Waals surface area contributed by atoms with Crippen molar-refractivity contribution in [3.63, 3.8) is 0 Å². The molecule has 0 saturated carbocycles. The molecule has 0 aromatic heterocycles. The minimum absolute atomic E-state index is 0.131. The lowest BCUT2D eigenvalue weighted by Crippen LogP contribution is -2.46.